The van der Waals surface area contributed by atoms with Crippen LogP contribution in [-0.4, -0.2) is 16.5 Å². The lowest BCUT2D eigenvalue weighted by Gasteiger charge is -2.16. The molecule has 1 aliphatic heterocycles. The van der Waals surface area contributed by atoms with Crippen molar-refractivity contribution in [2.45, 2.75) is 19.3 Å². The van der Waals surface area contributed by atoms with Gasteiger partial charge in [-0.2, -0.15) is 0 Å². The van der Waals surface area contributed by atoms with Gasteiger partial charge in [0.1, 0.15) is 0 Å². The number of hydrogen-bond acceptors (Lipinski definition) is 4. The van der Waals surface area contributed by atoms with E-state index in [1.54, 1.807) is 6.20 Å². The fourth-order valence-corrected chi connectivity index (χ4v) is 2.00. The van der Waals surface area contributed by atoms with E-state index in [2.05, 4.69) is 26.9 Å². The molecule has 0 spiro atoms. The van der Waals surface area contributed by atoms with Gasteiger partial charge in [-0.3, -0.25) is 0 Å². The highest BCUT2D eigenvalue weighted by molar-refractivity contribution is 5.79. The smallest absolute Gasteiger partial charge is 0.159 e. The molecular formula is C12H14N4. The van der Waals surface area contributed by atoms with E-state index in [-0.39, 0.29) is 0 Å². The van der Waals surface area contributed by atoms with Crippen LogP contribution in [0.5, 0.6) is 0 Å². The zero-order valence-electron chi connectivity index (χ0n) is 9.03. The van der Waals surface area contributed by atoms with Gasteiger partial charge in [0.25, 0.3) is 0 Å². The van der Waals surface area contributed by atoms with E-state index in [4.69, 9.17) is 0 Å². The van der Waals surface area contributed by atoms with Crippen molar-refractivity contribution in [1.29, 1.82) is 0 Å². The van der Waals surface area contributed by atoms with Gasteiger partial charge in [-0.05, 0) is 37.5 Å². The molecule has 0 radical (unpaired) electrons. The lowest BCUT2D eigenvalue weighted by atomic mass is 10.1. The highest BCUT2D eigenvalue weighted by Gasteiger charge is 2.09. The summed E-state index contributed by atoms with van der Waals surface area (Å²) in [5, 5.41) is 1.08. The zero-order chi connectivity index (χ0) is 10.8. The molecule has 2 N–H and O–H groups in total. The molecule has 0 atom stereocenters. The molecule has 0 fully saturated rings. The maximum absolute atomic E-state index is 4.60. The number of anilines is 1. The number of aromatic nitrogens is 2. The predicted octanol–water partition coefficient (Wildman–Crippen LogP) is 1.88. The molecule has 0 amide bonds. The number of rotatable bonds is 0. The lowest BCUT2D eigenvalue weighted by Crippen LogP contribution is -2.25. The molecule has 3 rings (SSSR count). The molecule has 2 aromatic heterocycles. The van der Waals surface area contributed by atoms with Crippen molar-refractivity contribution in [3.63, 3.8) is 0 Å². The Morgan fingerprint density at radius 3 is 3.25 bits per heavy atom. The van der Waals surface area contributed by atoms with Gasteiger partial charge in [-0.15, -0.1) is 0 Å². The summed E-state index contributed by atoms with van der Waals surface area (Å²) in [4.78, 5) is 8.89. The molecule has 16 heavy (non-hydrogen) atoms. The molecule has 4 nitrogen and oxygen atoms in total. The summed E-state index contributed by atoms with van der Waals surface area (Å²) < 4.78 is 0. The monoisotopic (exact) mass is 214 g/mol. The molecule has 0 aromatic carbocycles. The molecule has 0 bridgehead atoms. The van der Waals surface area contributed by atoms with Crippen molar-refractivity contribution < 1.29 is 0 Å². The molecule has 82 valence electrons. The van der Waals surface area contributed by atoms with Gasteiger partial charge in [-0.1, -0.05) is 0 Å². The molecule has 0 saturated heterocycles. The molecule has 4 heteroatoms. The van der Waals surface area contributed by atoms with E-state index in [0.29, 0.717) is 0 Å². The van der Waals surface area contributed by atoms with Crippen molar-refractivity contribution in [2.75, 3.05) is 12.0 Å². The largest absolute Gasteiger partial charge is 0.320 e. The fraction of sp³-hybridized carbons (Fsp3) is 0.333. The first kappa shape index (κ1) is 9.54. The average Bonchev–Trinajstić information content (AvgIpc) is 2.29. The summed E-state index contributed by atoms with van der Waals surface area (Å²) in [5.41, 5.74) is 9.44. The number of fused-ring (bicyclic) bond motifs is 2. The van der Waals surface area contributed by atoms with Crippen LogP contribution in [0.25, 0.3) is 11.0 Å². The number of hydrazine groups is 1. The summed E-state index contributed by atoms with van der Waals surface area (Å²) in [6, 6.07) is 6.09. The predicted molar refractivity (Wildman–Crippen MR) is 64.1 cm³/mol. The minimum absolute atomic E-state index is 0.837. The van der Waals surface area contributed by atoms with Crippen LogP contribution >= 0.6 is 0 Å². The average molecular weight is 214 g/mol. The van der Waals surface area contributed by atoms with E-state index < -0.39 is 0 Å². The lowest BCUT2D eigenvalue weighted by molar-refractivity contribution is 0.650. The van der Waals surface area contributed by atoms with E-state index in [0.717, 1.165) is 35.4 Å². The maximum atomic E-state index is 4.60. The van der Waals surface area contributed by atoms with E-state index in [9.17, 15) is 0 Å². The standard InChI is InChI=1S/C12H14N4/c1-2-7-14-16-11-8-9-4-3-6-13-12(9)15-10(11)5-1/h3-4,6,8,14,16H,1-2,5,7H2. The fourth-order valence-electron chi connectivity index (χ4n) is 2.00. The van der Waals surface area contributed by atoms with Crippen LogP contribution in [0.3, 0.4) is 0 Å². The third kappa shape index (κ3) is 1.72. The zero-order valence-corrected chi connectivity index (χ0v) is 9.03. The number of hydrogen-bond donors (Lipinski definition) is 2. The van der Waals surface area contributed by atoms with Crippen molar-refractivity contribution in [2.24, 2.45) is 0 Å². The Morgan fingerprint density at radius 2 is 2.25 bits per heavy atom. The van der Waals surface area contributed by atoms with Crippen LogP contribution in [0.15, 0.2) is 24.4 Å². The topological polar surface area (TPSA) is 49.8 Å². The minimum atomic E-state index is 0.837. The first-order valence-electron chi connectivity index (χ1n) is 5.67. The van der Waals surface area contributed by atoms with E-state index in [1.165, 1.54) is 12.8 Å². The first-order valence-corrected chi connectivity index (χ1v) is 5.67. The van der Waals surface area contributed by atoms with Gasteiger partial charge in [-0.25, -0.2) is 15.4 Å². The summed E-state index contributed by atoms with van der Waals surface area (Å²) in [7, 11) is 0. The highest BCUT2D eigenvalue weighted by Crippen LogP contribution is 2.21. The Kier molecular flexibility index (Phi) is 2.42. The number of pyridine rings is 2. The summed E-state index contributed by atoms with van der Waals surface area (Å²) in [5.74, 6) is 0. The minimum Gasteiger partial charge on any atom is -0.320 e. The second-order valence-electron chi connectivity index (χ2n) is 4.04. The maximum Gasteiger partial charge on any atom is 0.159 e. The SMILES string of the molecule is c1cnc2nc3c(cc2c1)NNCCCC3. The molecule has 1 aliphatic rings. The van der Waals surface area contributed by atoms with E-state index in [1.807, 2.05) is 12.1 Å². The van der Waals surface area contributed by atoms with Crippen LogP contribution in [0, 0.1) is 0 Å². The number of nitrogens with zero attached hydrogens (tertiary/aromatic N) is 2. The second kappa shape index (κ2) is 4.06. The van der Waals surface area contributed by atoms with Gasteiger partial charge in [0.05, 0.1) is 11.4 Å². The Bertz CT molecular complexity index is 463. The van der Waals surface area contributed by atoms with Crippen LogP contribution < -0.4 is 10.9 Å². The summed E-state index contributed by atoms with van der Waals surface area (Å²) in [6.45, 7) is 1.00. The molecule has 3 heterocycles. The third-order valence-corrected chi connectivity index (χ3v) is 2.86. The van der Waals surface area contributed by atoms with Gasteiger partial charge >= 0.3 is 0 Å². The molecule has 2 aromatic rings. The molecule has 0 aliphatic carbocycles. The molecule has 0 saturated carbocycles. The van der Waals surface area contributed by atoms with Crippen LogP contribution in [0.2, 0.25) is 0 Å². The van der Waals surface area contributed by atoms with Crippen molar-refractivity contribution in [3.8, 4) is 0 Å². The normalized spacial score (nSPS) is 16.0. The molecule has 0 unspecified atom stereocenters. The third-order valence-electron chi connectivity index (χ3n) is 2.86. The van der Waals surface area contributed by atoms with E-state index >= 15 is 0 Å². The summed E-state index contributed by atoms with van der Waals surface area (Å²) in [6.07, 6.45) is 5.16. The van der Waals surface area contributed by atoms with Gasteiger partial charge in [0, 0.05) is 18.1 Å². The number of nitrogens with one attached hydrogen (secondary N) is 2. The Balaban J connectivity index is 2.12. The highest BCUT2D eigenvalue weighted by atomic mass is 15.4. The Labute approximate surface area is 94.1 Å². The van der Waals surface area contributed by atoms with Crippen molar-refractivity contribution >= 4 is 16.7 Å². The van der Waals surface area contributed by atoms with Crippen LogP contribution in [-0.2, 0) is 6.42 Å². The number of aryl methyl sites for hydroxylation is 1. The van der Waals surface area contributed by atoms with Crippen molar-refractivity contribution in [3.05, 3.63) is 30.1 Å². The van der Waals surface area contributed by atoms with Crippen molar-refractivity contribution in [1.82, 2.24) is 15.4 Å². The molecular weight excluding hydrogens is 200 g/mol. The van der Waals surface area contributed by atoms with Gasteiger partial charge < -0.3 is 5.43 Å². The first-order chi connectivity index (χ1) is 7.93. The van der Waals surface area contributed by atoms with Crippen LogP contribution in [0.1, 0.15) is 18.5 Å². The second-order valence-corrected chi connectivity index (χ2v) is 4.04. The Hall–Kier alpha value is -1.68. The van der Waals surface area contributed by atoms with Gasteiger partial charge in [0.2, 0.25) is 0 Å². The van der Waals surface area contributed by atoms with Crippen LogP contribution in [0.4, 0.5) is 5.69 Å². The summed E-state index contributed by atoms with van der Waals surface area (Å²) >= 11 is 0. The van der Waals surface area contributed by atoms with Gasteiger partial charge in [0.15, 0.2) is 5.65 Å². The Morgan fingerprint density at radius 1 is 1.25 bits per heavy atom. The quantitative estimate of drug-likeness (QED) is 0.703.